The van der Waals surface area contributed by atoms with Gasteiger partial charge in [-0.05, 0) is 115 Å². The number of hydrogen-bond donors (Lipinski definition) is 12. The summed E-state index contributed by atoms with van der Waals surface area (Å²) in [6.45, 7) is 8.79. The Morgan fingerprint density at radius 3 is 1.16 bits per heavy atom. The molecule has 0 spiro atoms. The van der Waals surface area contributed by atoms with Gasteiger partial charge in [-0.2, -0.15) is 0 Å². The van der Waals surface area contributed by atoms with Crippen LogP contribution in [0.5, 0.6) is 0 Å². The monoisotopic (exact) mass is 1170 g/mol. The number of carboxylic acids is 1. The fourth-order valence-corrected chi connectivity index (χ4v) is 11.6. The highest BCUT2D eigenvalue weighted by Crippen LogP contribution is 2.31. The SMILES string of the molecule is CC(C)[C@H](N)C(=O)N1CCCC1C(=O)N1CCCC1C(=O)N1CCCC1C(=O)N[C@H](C(=O)N1CCCC1C(=O)N1CCCC1C(=O)N[C@@H](CCCN=C(N)N)C(=O)N[C@@H](CCCN=C(N)N)C(=O)N[C@@H](CCCN=C(N)N)C(=O)O)C(C)C. The number of aliphatic imine (C=N–C) groups is 3. The lowest BCUT2D eigenvalue weighted by molar-refractivity contribution is -0.151. The third kappa shape index (κ3) is 18.0. The summed E-state index contributed by atoms with van der Waals surface area (Å²) in [5, 5.41) is 20.7. The molecule has 83 heavy (non-hydrogen) atoms. The van der Waals surface area contributed by atoms with Gasteiger partial charge in [-0.25, -0.2) is 4.79 Å². The van der Waals surface area contributed by atoms with Crippen LogP contribution in [0, 0.1) is 11.8 Å². The minimum absolute atomic E-state index is 0.0321. The van der Waals surface area contributed by atoms with Crippen molar-refractivity contribution in [1.82, 2.24) is 45.8 Å². The Kier molecular flexibility index (Phi) is 24.9. The Morgan fingerprint density at radius 1 is 0.446 bits per heavy atom. The molecule has 5 aliphatic heterocycles. The maximum absolute atomic E-state index is 14.7. The summed E-state index contributed by atoms with van der Waals surface area (Å²) in [4.78, 5) is 159. The van der Waals surface area contributed by atoms with Crippen molar-refractivity contribution < 1.29 is 53.1 Å². The molecule has 30 nitrogen and oxygen atoms in total. The number of rotatable bonds is 28. The number of aliphatic carboxylic acids is 1. The van der Waals surface area contributed by atoms with Crippen LogP contribution < -0.4 is 61.4 Å². The van der Waals surface area contributed by atoms with Crippen LogP contribution in [0.2, 0.25) is 0 Å². The van der Waals surface area contributed by atoms with Crippen molar-refractivity contribution in [3.05, 3.63) is 0 Å². The first-order chi connectivity index (χ1) is 39.3. The van der Waals surface area contributed by atoms with Crippen LogP contribution in [-0.4, -0.2) is 219 Å². The van der Waals surface area contributed by atoms with Crippen molar-refractivity contribution >= 4 is 77.0 Å². The molecule has 0 aromatic rings. The van der Waals surface area contributed by atoms with Crippen LogP contribution in [0.3, 0.4) is 0 Å². The summed E-state index contributed by atoms with van der Waals surface area (Å²) in [6, 6.07) is -10.4. The maximum atomic E-state index is 14.7. The Balaban J connectivity index is 1.27. The molecule has 5 rings (SSSR count). The van der Waals surface area contributed by atoms with Crippen LogP contribution in [0.1, 0.15) is 130 Å². The van der Waals surface area contributed by atoms with Gasteiger partial charge < -0.3 is 91.0 Å². The van der Waals surface area contributed by atoms with Gasteiger partial charge in [-0.3, -0.25) is 58.1 Å². The summed E-state index contributed by atoms with van der Waals surface area (Å²) in [6.07, 6.45) is 4.67. The first kappa shape index (κ1) is 66.3. The van der Waals surface area contributed by atoms with Gasteiger partial charge in [0, 0.05) is 52.4 Å². The van der Waals surface area contributed by atoms with E-state index in [0.29, 0.717) is 64.5 Å². The molecule has 5 aliphatic rings. The Bertz CT molecular complexity index is 2430. The second-order valence-electron chi connectivity index (χ2n) is 22.8. The number of hydrogen-bond acceptors (Lipinski definition) is 14. The second kappa shape index (κ2) is 31.2. The Morgan fingerprint density at radius 2 is 0.771 bits per heavy atom. The molecule has 5 heterocycles. The molecule has 5 unspecified atom stereocenters. The summed E-state index contributed by atoms with van der Waals surface area (Å²) < 4.78 is 0. The second-order valence-corrected chi connectivity index (χ2v) is 22.8. The number of nitrogens with one attached hydrogen (secondary N) is 4. The van der Waals surface area contributed by atoms with E-state index in [2.05, 4.69) is 36.2 Å². The third-order valence-electron chi connectivity index (χ3n) is 16.1. The van der Waals surface area contributed by atoms with Gasteiger partial charge in [0.2, 0.25) is 53.2 Å². The zero-order chi connectivity index (χ0) is 61.2. The highest BCUT2D eigenvalue weighted by molar-refractivity contribution is 5.99. The lowest BCUT2D eigenvalue weighted by atomic mass is 10.0. The van der Waals surface area contributed by atoms with E-state index in [1.807, 2.05) is 13.8 Å². The molecule has 0 aromatic heterocycles. The molecular weight excluding hydrogens is 1080 g/mol. The largest absolute Gasteiger partial charge is 0.480 e. The van der Waals surface area contributed by atoms with Crippen LogP contribution in [0.25, 0.3) is 0 Å². The fourth-order valence-electron chi connectivity index (χ4n) is 11.6. The highest BCUT2D eigenvalue weighted by atomic mass is 16.4. The molecule has 19 N–H and O–H groups in total. The molecule has 10 atom stereocenters. The number of likely N-dealkylation sites (tertiary alicyclic amines) is 5. The number of nitrogens with zero attached hydrogens (tertiary/aromatic N) is 8. The molecule has 0 aromatic carbocycles. The van der Waals surface area contributed by atoms with E-state index >= 15 is 0 Å². The smallest absolute Gasteiger partial charge is 0.326 e. The topological polar surface area (TPSA) is 474 Å². The van der Waals surface area contributed by atoms with Gasteiger partial charge in [-0.1, -0.05) is 27.7 Å². The molecular formula is C53H91N19O11. The molecule has 30 heteroatoms. The maximum Gasteiger partial charge on any atom is 0.326 e. The summed E-state index contributed by atoms with van der Waals surface area (Å²) in [5.74, 6) is -7.34. The molecule has 0 aliphatic carbocycles. The van der Waals surface area contributed by atoms with Gasteiger partial charge in [0.25, 0.3) is 0 Å². The molecule has 5 saturated heterocycles. The fraction of sp³-hybridized carbons (Fsp3) is 0.755. The standard InChI is InChI=1S/C53H91N19O11/c1-29(2)39(54)48(80)71-27-11-19-37(71)47(79)70-26-10-18-36(70)45(77)69-25-9-17-35(69)44(76)67-40(30(3)4)49(81)72-28-12-20-38(72)46(78)68-24-8-16-34(68)43(75)65-32(14-6-22-62-52(57)58)41(73)64-31(13-5-21-61-51(55)56)42(74)66-33(50(82)83)15-7-23-63-53(59)60/h29-40H,5-28,54H2,1-4H3,(H,64,73)(H,65,75)(H,66,74)(H,67,76)(H,82,83)(H4,55,56,61)(H4,57,58,62)(H4,59,60,63)/t31-,32-,33-,34?,35?,36?,37?,38?,39-,40-/m0/s1. The molecule has 0 radical (unpaired) electrons. The normalized spacial score (nSPS) is 22.3. The molecule has 464 valence electrons. The molecule has 5 fully saturated rings. The Hall–Kier alpha value is -7.53. The van der Waals surface area contributed by atoms with Gasteiger partial charge in [0.1, 0.15) is 54.4 Å². The predicted molar refractivity (Wildman–Crippen MR) is 306 cm³/mol. The number of carbonyl (C=O) groups excluding carboxylic acids is 9. The van der Waals surface area contributed by atoms with E-state index in [1.54, 1.807) is 18.7 Å². The predicted octanol–water partition coefficient (Wildman–Crippen LogP) is -4.23. The lowest BCUT2D eigenvalue weighted by Crippen LogP contribution is -2.60. The van der Waals surface area contributed by atoms with E-state index in [-0.39, 0.29) is 132 Å². The summed E-state index contributed by atoms with van der Waals surface area (Å²) >= 11 is 0. The molecule has 0 saturated carbocycles. The van der Waals surface area contributed by atoms with Crippen LogP contribution >= 0.6 is 0 Å². The van der Waals surface area contributed by atoms with Crippen molar-refractivity contribution in [2.24, 2.45) is 66.9 Å². The van der Waals surface area contributed by atoms with Gasteiger partial charge in [0.05, 0.1) is 6.04 Å². The van der Waals surface area contributed by atoms with Gasteiger partial charge in [0.15, 0.2) is 17.9 Å². The van der Waals surface area contributed by atoms with Crippen molar-refractivity contribution in [3.63, 3.8) is 0 Å². The number of carboxylic acid groups (broad SMARTS) is 1. The number of guanidine groups is 3. The first-order valence-corrected chi connectivity index (χ1v) is 29.2. The highest BCUT2D eigenvalue weighted by Gasteiger charge is 2.48. The van der Waals surface area contributed by atoms with Crippen molar-refractivity contribution in [3.8, 4) is 0 Å². The van der Waals surface area contributed by atoms with Gasteiger partial charge in [-0.15, -0.1) is 0 Å². The first-order valence-electron chi connectivity index (χ1n) is 29.2. The number of carbonyl (C=O) groups is 10. The summed E-state index contributed by atoms with van der Waals surface area (Å²) in [5.41, 5.74) is 39.0. The van der Waals surface area contributed by atoms with E-state index in [9.17, 15) is 53.1 Å². The minimum Gasteiger partial charge on any atom is -0.480 e. The minimum atomic E-state index is -1.38. The zero-order valence-corrected chi connectivity index (χ0v) is 48.5. The summed E-state index contributed by atoms with van der Waals surface area (Å²) in [7, 11) is 0. The molecule has 0 bridgehead atoms. The Labute approximate surface area is 484 Å². The van der Waals surface area contributed by atoms with E-state index in [0.717, 1.165) is 0 Å². The van der Waals surface area contributed by atoms with E-state index in [1.165, 1.54) is 19.6 Å². The van der Waals surface area contributed by atoms with E-state index < -0.39 is 108 Å². The van der Waals surface area contributed by atoms with Crippen LogP contribution in [0.15, 0.2) is 15.0 Å². The third-order valence-corrected chi connectivity index (χ3v) is 16.1. The average molecular weight is 1170 g/mol. The number of amides is 9. The lowest BCUT2D eigenvalue weighted by Gasteiger charge is -2.36. The van der Waals surface area contributed by atoms with Crippen molar-refractivity contribution in [1.29, 1.82) is 0 Å². The van der Waals surface area contributed by atoms with Crippen molar-refractivity contribution in [2.75, 3.05) is 52.4 Å². The van der Waals surface area contributed by atoms with Crippen molar-refractivity contribution in [2.45, 2.75) is 191 Å². The number of nitrogens with two attached hydrogens (primary N) is 7. The molecule has 9 amide bonds. The quantitative estimate of drug-likeness (QED) is 0.0201. The van der Waals surface area contributed by atoms with E-state index in [4.69, 9.17) is 40.1 Å². The van der Waals surface area contributed by atoms with Gasteiger partial charge >= 0.3 is 5.97 Å². The zero-order valence-electron chi connectivity index (χ0n) is 48.5. The van der Waals surface area contributed by atoms with Crippen LogP contribution in [-0.2, 0) is 47.9 Å². The average Bonchev–Trinajstić information content (AvgIpc) is 4.16. The van der Waals surface area contributed by atoms with Crippen LogP contribution in [0.4, 0.5) is 0 Å².